The summed E-state index contributed by atoms with van der Waals surface area (Å²) in [5.74, 6) is -2.67. The predicted molar refractivity (Wildman–Crippen MR) is 27.6 cm³/mol. The number of hydrogen-bond acceptors (Lipinski definition) is 2. The largest absolute Gasteiger partial charge is 0.484 e. The quantitative estimate of drug-likeness (QED) is 0.513. The highest BCUT2D eigenvalue weighted by Gasteiger charge is 2.38. The van der Waals surface area contributed by atoms with E-state index in [0.29, 0.717) is 0 Å². The van der Waals surface area contributed by atoms with Gasteiger partial charge in [-0.05, 0) is 0 Å². The monoisotopic (exact) mass is 212 g/mol. The molecule has 0 saturated heterocycles. The van der Waals surface area contributed by atoms with Crippen molar-refractivity contribution >= 4 is 0 Å². The van der Waals surface area contributed by atoms with Gasteiger partial charge in [0.25, 0.3) is 0 Å². The van der Waals surface area contributed by atoms with Crippen LogP contribution in [-0.4, -0.2) is 12.5 Å². The summed E-state index contributed by atoms with van der Waals surface area (Å²) in [6.07, 6.45) is -10.6. The first-order valence-corrected chi connectivity index (χ1v) is 2.61. The molecule has 0 rings (SSSR count). The van der Waals surface area contributed by atoms with Crippen LogP contribution in [0.3, 0.4) is 0 Å². The van der Waals surface area contributed by atoms with E-state index in [1.54, 1.807) is 0 Å². The third kappa shape index (κ3) is 4.43. The number of nitrogens with one attached hydrogen (secondary N) is 1. The summed E-state index contributed by atoms with van der Waals surface area (Å²) < 4.78 is 80.1. The molecule has 2 nitrogen and oxygen atoms in total. The van der Waals surface area contributed by atoms with Gasteiger partial charge in [0.1, 0.15) is 0 Å². The molecule has 3 N–H and O–H groups in total. The van der Waals surface area contributed by atoms with Crippen molar-refractivity contribution in [2.75, 3.05) is 0 Å². The highest BCUT2D eigenvalue weighted by atomic mass is 19.4. The number of halogens is 7. The van der Waals surface area contributed by atoms with E-state index >= 15 is 0 Å². The van der Waals surface area contributed by atoms with Crippen molar-refractivity contribution in [3.8, 4) is 0 Å². The third-order valence-electron chi connectivity index (χ3n) is 0.793. The van der Waals surface area contributed by atoms with Crippen LogP contribution >= 0.6 is 0 Å². The summed E-state index contributed by atoms with van der Waals surface area (Å²) in [5.41, 5.74) is 1.56. The van der Waals surface area contributed by atoms with Crippen LogP contribution in [-0.2, 0) is 0 Å². The Labute approximate surface area is 67.2 Å². The molecule has 78 valence electrons. The van der Waals surface area contributed by atoms with Crippen LogP contribution in [0.1, 0.15) is 0 Å². The first kappa shape index (κ1) is 11.8. The molecule has 13 heavy (non-hydrogen) atoms. The minimum atomic E-state index is -5.33. The fraction of sp³-hybridized carbons (Fsp3) is 0.500. The van der Waals surface area contributed by atoms with E-state index < -0.39 is 24.1 Å². The molecule has 0 aromatic carbocycles. The predicted octanol–water partition coefficient (Wildman–Crippen LogP) is 1.76. The van der Waals surface area contributed by atoms with Gasteiger partial charge in [-0.3, -0.25) is 5.32 Å². The minimum absolute atomic E-state index is 0.00664. The van der Waals surface area contributed by atoms with Gasteiger partial charge in [-0.2, -0.15) is 30.7 Å². The Bertz CT molecular complexity index is 212. The molecule has 0 aliphatic rings. The Kier molecular flexibility index (Phi) is 3.01. The van der Waals surface area contributed by atoms with E-state index in [4.69, 9.17) is 0 Å². The number of nitrogens with two attached hydrogens (primary N) is 1. The van der Waals surface area contributed by atoms with E-state index in [0.717, 1.165) is 0 Å². The second-order valence-electron chi connectivity index (χ2n) is 1.85. The Balaban J connectivity index is 4.65. The van der Waals surface area contributed by atoms with Gasteiger partial charge >= 0.3 is 12.5 Å². The van der Waals surface area contributed by atoms with Gasteiger partial charge in [-0.25, -0.2) is 0 Å². The number of allylic oxidation sites excluding steroid dienone is 1. The molecule has 0 bridgehead atoms. The maximum atomic E-state index is 12.0. The molecule has 0 atom stereocenters. The maximum Gasteiger partial charge on any atom is 0.484 e. The summed E-state index contributed by atoms with van der Waals surface area (Å²) in [6.45, 7) is 0. The van der Waals surface area contributed by atoms with Crippen molar-refractivity contribution in [3.63, 3.8) is 0 Å². The topological polar surface area (TPSA) is 38.0 Å². The Morgan fingerprint density at radius 3 is 1.62 bits per heavy atom. The molecule has 0 aromatic heterocycles. The van der Waals surface area contributed by atoms with Crippen LogP contribution in [0.2, 0.25) is 0 Å². The lowest BCUT2D eigenvalue weighted by Gasteiger charge is -2.11. The molecule has 0 saturated carbocycles. The van der Waals surface area contributed by atoms with Gasteiger partial charge in [0, 0.05) is 0 Å². The van der Waals surface area contributed by atoms with Gasteiger partial charge in [0.05, 0.1) is 0 Å². The third-order valence-corrected chi connectivity index (χ3v) is 0.793. The second-order valence-corrected chi connectivity index (χ2v) is 1.85. The van der Waals surface area contributed by atoms with Crippen LogP contribution in [0.25, 0.3) is 0 Å². The summed E-state index contributed by atoms with van der Waals surface area (Å²) in [6, 6.07) is 0. The zero-order chi connectivity index (χ0) is 10.9. The first-order chi connectivity index (χ1) is 5.54. The highest BCUT2D eigenvalue weighted by molar-refractivity contribution is 5.08. The van der Waals surface area contributed by atoms with Crippen LogP contribution in [0, 0.1) is 0 Å². The van der Waals surface area contributed by atoms with E-state index in [-0.39, 0.29) is 5.32 Å². The van der Waals surface area contributed by atoms with E-state index in [1.807, 2.05) is 0 Å². The van der Waals surface area contributed by atoms with Crippen molar-refractivity contribution in [3.05, 3.63) is 11.6 Å². The molecule has 0 heterocycles. The van der Waals surface area contributed by atoms with Crippen LogP contribution in [0.4, 0.5) is 30.7 Å². The van der Waals surface area contributed by atoms with Crippen molar-refractivity contribution in [1.29, 1.82) is 0 Å². The molecule has 0 aliphatic heterocycles. The highest BCUT2D eigenvalue weighted by Crippen LogP contribution is 2.25. The maximum absolute atomic E-state index is 12.0. The normalized spacial score (nSPS) is 15.3. The number of hydrogen-bond donors (Lipinski definition) is 2. The van der Waals surface area contributed by atoms with Crippen molar-refractivity contribution < 1.29 is 30.7 Å². The molecule has 0 unspecified atom stereocenters. The van der Waals surface area contributed by atoms with Gasteiger partial charge in [-0.15, -0.1) is 0 Å². The molecular weight excluding hydrogens is 209 g/mol. The first-order valence-electron chi connectivity index (χ1n) is 2.61. The fourth-order valence-electron chi connectivity index (χ4n) is 0.316. The zero-order valence-corrected chi connectivity index (χ0v) is 5.72. The summed E-state index contributed by atoms with van der Waals surface area (Å²) in [4.78, 5) is 0. The SMILES string of the molecule is N/C(=C(/F)NC(F)(F)F)C(F)(F)F. The average molecular weight is 212 g/mol. The fourth-order valence-corrected chi connectivity index (χ4v) is 0.316. The lowest BCUT2D eigenvalue weighted by atomic mass is 10.4. The molecule has 0 radical (unpaired) electrons. The molecule has 9 heteroatoms. The Hall–Kier alpha value is -1.15. The van der Waals surface area contributed by atoms with Gasteiger partial charge in [-0.1, -0.05) is 0 Å². The lowest BCUT2D eigenvalue weighted by Crippen LogP contribution is -2.34. The van der Waals surface area contributed by atoms with Crippen molar-refractivity contribution in [2.24, 2.45) is 5.73 Å². The smallest absolute Gasteiger partial charge is 0.391 e. The van der Waals surface area contributed by atoms with Crippen molar-refractivity contribution in [1.82, 2.24) is 5.32 Å². The van der Waals surface area contributed by atoms with Gasteiger partial charge < -0.3 is 5.73 Å². The van der Waals surface area contributed by atoms with E-state index in [2.05, 4.69) is 5.73 Å². The average Bonchev–Trinajstić information content (AvgIpc) is 1.79. The van der Waals surface area contributed by atoms with Crippen molar-refractivity contribution in [2.45, 2.75) is 12.5 Å². The molecular formula is C4H3F7N2. The van der Waals surface area contributed by atoms with Crippen LogP contribution in [0.5, 0.6) is 0 Å². The molecule has 0 aliphatic carbocycles. The summed E-state index contributed by atoms with van der Waals surface area (Å²) in [5, 5.41) is -0.00664. The second kappa shape index (κ2) is 3.30. The van der Waals surface area contributed by atoms with Crippen LogP contribution < -0.4 is 11.1 Å². The van der Waals surface area contributed by atoms with E-state index in [1.165, 1.54) is 0 Å². The Morgan fingerprint density at radius 1 is 1.00 bits per heavy atom. The summed E-state index contributed by atoms with van der Waals surface area (Å²) in [7, 11) is 0. The number of alkyl halides is 6. The number of rotatable bonds is 1. The zero-order valence-electron chi connectivity index (χ0n) is 5.72. The van der Waals surface area contributed by atoms with E-state index in [9.17, 15) is 30.7 Å². The summed E-state index contributed by atoms with van der Waals surface area (Å²) >= 11 is 0. The minimum Gasteiger partial charge on any atom is -0.391 e. The molecule has 0 amide bonds. The lowest BCUT2D eigenvalue weighted by molar-refractivity contribution is -0.155. The standard InChI is InChI=1S/C4H3F7N2/c5-2(13-4(9,10)11)1(12)3(6,7)8/h13H,12H2/b2-1-. The van der Waals surface area contributed by atoms with Gasteiger partial charge in [0.2, 0.25) is 5.95 Å². The van der Waals surface area contributed by atoms with Gasteiger partial charge in [0.15, 0.2) is 5.70 Å². The molecule has 0 spiro atoms. The molecule has 0 fully saturated rings. The molecule has 0 aromatic rings. The Morgan fingerprint density at radius 2 is 1.38 bits per heavy atom. The van der Waals surface area contributed by atoms with Crippen LogP contribution in [0.15, 0.2) is 11.6 Å².